The molecule has 3 aliphatic rings. The fourth-order valence-corrected chi connectivity index (χ4v) is 3.29. The quantitative estimate of drug-likeness (QED) is 0.741. The molecular weight excluding hydrogens is 248 g/mol. The van der Waals surface area contributed by atoms with Gasteiger partial charge in [-0.2, -0.15) is 0 Å². The van der Waals surface area contributed by atoms with Crippen LogP contribution in [0.3, 0.4) is 0 Å². The molecule has 5 atom stereocenters. The Balaban J connectivity index is 1.90. The first-order valence-corrected chi connectivity index (χ1v) is 6.11. The molecule has 2 unspecified atom stereocenters. The van der Waals surface area contributed by atoms with Crippen LogP contribution in [0.4, 0.5) is 0 Å². The second-order valence-electron chi connectivity index (χ2n) is 5.43. The largest absolute Gasteiger partial charge is 0.394 e. The first kappa shape index (κ1) is 12.1. The smallest absolute Gasteiger partial charge is 0.187 e. The van der Waals surface area contributed by atoms with Gasteiger partial charge in [0.25, 0.3) is 0 Å². The van der Waals surface area contributed by atoms with Crippen molar-refractivity contribution in [2.45, 2.75) is 55.0 Å². The highest BCUT2D eigenvalue weighted by atomic mass is 35.5. The van der Waals surface area contributed by atoms with E-state index in [1.54, 1.807) is 7.11 Å². The molecule has 0 aromatic heterocycles. The van der Waals surface area contributed by atoms with Crippen LogP contribution in [0.2, 0.25) is 0 Å². The van der Waals surface area contributed by atoms with Gasteiger partial charge in [0, 0.05) is 13.5 Å². The summed E-state index contributed by atoms with van der Waals surface area (Å²) in [6.45, 7) is 3.56. The van der Waals surface area contributed by atoms with Crippen LogP contribution < -0.4 is 0 Å². The molecule has 6 heteroatoms. The highest BCUT2D eigenvalue weighted by Gasteiger charge is 2.80. The Bertz CT molecular complexity index is 349. The molecule has 0 radical (unpaired) electrons. The minimum atomic E-state index is -0.771. The summed E-state index contributed by atoms with van der Waals surface area (Å²) in [5.41, 5.74) is -0.678. The number of aliphatic hydroxyl groups is 1. The van der Waals surface area contributed by atoms with Gasteiger partial charge in [-0.3, -0.25) is 0 Å². The predicted octanol–water partition coefficient (Wildman–Crippen LogP) is 0.622. The highest BCUT2D eigenvalue weighted by Crippen LogP contribution is 2.65. The number of methoxy groups -OCH3 is 1. The average molecular weight is 265 g/mol. The van der Waals surface area contributed by atoms with Gasteiger partial charge in [-0.05, 0) is 13.8 Å². The van der Waals surface area contributed by atoms with Crippen LogP contribution in [0.15, 0.2) is 0 Å². The number of hydrogen-bond donors (Lipinski definition) is 1. The molecule has 0 aromatic rings. The second kappa shape index (κ2) is 3.35. The molecule has 98 valence electrons. The number of fused-ring (bicyclic) bond motifs is 2. The van der Waals surface area contributed by atoms with Crippen LogP contribution in [0.5, 0.6) is 0 Å². The lowest BCUT2D eigenvalue weighted by Gasteiger charge is -2.25. The predicted molar refractivity (Wildman–Crippen MR) is 58.7 cm³/mol. The first-order valence-electron chi connectivity index (χ1n) is 5.73. The fraction of sp³-hybridized carbons (Fsp3) is 1.00. The van der Waals surface area contributed by atoms with Gasteiger partial charge < -0.3 is 24.1 Å². The molecule has 3 fully saturated rings. The number of halogens is 1. The Kier molecular flexibility index (Phi) is 2.39. The van der Waals surface area contributed by atoms with Crippen molar-refractivity contribution < 1.29 is 24.1 Å². The molecule has 3 rings (SSSR count). The molecule has 2 aliphatic heterocycles. The van der Waals surface area contributed by atoms with Crippen LogP contribution >= 0.6 is 11.6 Å². The Morgan fingerprint density at radius 1 is 1.35 bits per heavy atom. The van der Waals surface area contributed by atoms with Crippen molar-refractivity contribution in [2.24, 2.45) is 0 Å². The van der Waals surface area contributed by atoms with Gasteiger partial charge in [0.05, 0.1) is 6.61 Å². The van der Waals surface area contributed by atoms with E-state index in [-0.39, 0.29) is 18.8 Å². The maximum Gasteiger partial charge on any atom is 0.187 e. The average Bonchev–Trinajstić information content (AvgIpc) is 2.56. The maximum absolute atomic E-state index is 9.35. The van der Waals surface area contributed by atoms with Gasteiger partial charge in [-0.25, -0.2) is 0 Å². The van der Waals surface area contributed by atoms with E-state index in [1.807, 2.05) is 13.8 Å². The summed E-state index contributed by atoms with van der Waals surface area (Å²) in [6, 6.07) is 0. The fourth-order valence-electron chi connectivity index (χ4n) is 2.94. The van der Waals surface area contributed by atoms with E-state index in [0.29, 0.717) is 6.42 Å². The molecule has 17 heavy (non-hydrogen) atoms. The van der Waals surface area contributed by atoms with E-state index >= 15 is 0 Å². The van der Waals surface area contributed by atoms with E-state index < -0.39 is 22.6 Å². The zero-order chi connectivity index (χ0) is 12.5. The molecule has 1 N–H and O–H groups in total. The van der Waals surface area contributed by atoms with Crippen LogP contribution in [-0.2, 0) is 18.9 Å². The minimum Gasteiger partial charge on any atom is -0.394 e. The summed E-state index contributed by atoms with van der Waals surface area (Å²) in [6.07, 6.45) is -0.512. The van der Waals surface area contributed by atoms with Crippen molar-refractivity contribution >= 4 is 11.6 Å². The first-order chi connectivity index (χ1) is 7.87. The number of aliphatic hydroxyl groups excluding tert-OH is 1. The third-order valence-electron chi connectivity index (χ3n) is 3.84. The second-order valence-corrected chi connectivity index (χ2v) is 6.16. The van der Waals surface area contributed by atoms with Gasteiger partial charge in [-0.1, -0.05) is 0 Å². The third kappa shape index (κ3) is 1.44. The van der Waals surface area contributed by atoms with Gasteiger partial charge in [-0.15, -0.1) is 11.6 Å². The lowest BCUT2D eigenvalue weighted by Crippen LogP contribution is -2.38. The van der Waals surface area contributed by atoms with Crippen LogP contribution in [0.1, 0.15) is 20.3 Å². The van der Waals surface area contributed by atoms with Crippen LogP contribution in [0.25, 0.3) is 0 Å². The third-order valence-corrected chi connectivity index (χ3v) is 4.42. The van der Waals surface area contributed by atoms with Gasteiger partial charge in [0.1, 0.15) is 22.7 Å². The summed E-state index contributed by atoms with van der Waals surface area (Å²) in [5.74, 6) is -0.668. The molecule has 2 heterocycles. The maximum atomic E-state index is 9.35. The summed E-state index contributed by atoms with van der Waals surface area (Å²) in [4.78, 5) is -0.771. The minimum absolute atomic E-state index is 0.141. The standard InChI is InChI=1S/C11H17ClO5/c1-9(2)15-6-7(16-9)11(17-8(6)14-3)4-10(11,12)5-13/h6-8,13H,4-5H2,1-3H3/t6?,7?,8-,10-,11+/m1/s1. The van der Waals surface area contributed by atoms with Crippen LogP contribution in [-0.4, -0.2) is 53.6 Å². The summed E-state index contributed by atoms with van der Waals surface area (Å²) in [5, 5.41) is 9.35. The number of ether oxygens (including phenoxy) is 4. The number of alkyl halides is 1. The van der Waals surface area contributed by atoms with E-state index in [0.717, 1.165) is 0 Å². The van der Waals surface area contributed by atoms with Crippen molar-refractivity contribution in [3.8, 4) is 0 Å². The monoisotopic (exact) mass is 264 g/mol. The topological polar surface area (TPSA) is 57.2 Å². The van der Waals surface area contributed by atoms with Crippen molar-refractivity contribution in [1.29, 1.82) is 0 Å². The van der Waals surface area contributed by atoms with E-state index in [4.69, 9.17) is 30.5 Å². The van der Waals surface area contributed by atoms with Gasteiger partial charge in [0.15, 0.2) is 12.1 Å². The lowest BCUT2D eigenvalue weighted by molar-refractivity contribution is -0.234. The zero-order valence-electron chi connectivity index (χ0n) is 10.1. The Labute approximate surface area is 105 Å². The zero-order valence-corrected chi connectivity index (χ0v) is 10.9. The van der Waals surface area contributed by atoms with Crippen molar-refractivity contribution in [3.63, 3.8) is 0 Å². The summed E-state index contributed by atoms with van der Waals surface area (Å²) < 4.78 is 22.7. The lowest BCUT2D eigenvalue weighted by atomic mass is 10.1. The van der Waals surface area contributed by atoms with Crippen molar-refractivity contribution in [3.05, 3.63) is 0 Å². The van der Waals surface area contributed by atoms with Crippen LogP contribution in [0, 0.1) is 0 Å². The van der Waals surface area contributed by atoms with Crippen molar-refractivity contribution in [1.82, 2.24) is 0 Å². The van der Waals surface area contributed by atoms with Gasteiger partial charge >= 0.3 is 0 Å². The molecule has 1 aliphatic carbocycles. The molecule has 0 aromatic carbocycles. The SMILES string of the molecule is CO[C@@H]1O[C@@]2(C[C@@]2(Cl)CO)C2OC(C)(C)OC21. The normalized spacial score (nSPS) is 55.2. The molecule has 2 saturated heterocycles. The Morgan fingerprint density at radius 3 is 2.59 bits per heavy atom. The Hall–Kier alpha value is 0.0900. The van der Waals surface area contributed by atoms with Gasteiger partial charge in [0.2, 0.25) is 0 Å². The molecule has 1 saturated carbocycles. The Morgan fingerprint density at radius 2 is 2.06 bits per heavy atom. The van der Waals surface area contributed by atoms with E-state index in [1.165, 1.54) is 0 Å². The molecular formula is C11H17ClO5. The number of rotatable bonds is 2. The molecule has 1 spiro atoms. The summed E-state index contributed by atoms with van der Waals surface area (Å²) in [7, 11) is 1.56. The van der Waals surface area contributed by atoms with E-state index in [9.17, 15) is 5.11 Å². The molecule has 0 bridgehead atoms. The summed E-state index contributed by atoms with van der Waals surface area (Å²) >= 11 is 6.31. The molecule has 5 nitrogen and oxygen atoms in total. The number of hydrogen-bond acceptors (Lipinski definition) is 5. The molecule has 0 amide bonds. The highest BCUT2D eigenvalue weighted by molar-refractivity contribution is 6.27. The van der Waals surface area contributed by atoms with E-state index in [2.05, 4.69) is 0 Å². The van der Waals surface area contributed by atoms with Crippen molar-refractivity contribution in [2.75, 3.05) is 13.7 Å².